The Balaban J connectivity index is 0.00000256. The summed E-state index contributed by atoms with van der Waals surface area (Å²) in [4.78, 5) is 20.2. The summed E-state index contributed by atoms with van der Waals surface area (Å²) in [5.74, 6) is 2.49. The molecule has 0 saturated carbocycles. The number of aryl methyl sites for hydroxylation is 1. The number of rotatable bonds is 8. The molecule has 32 heavy (non-hydrogen) atoms. The third-order valence-electron chi connectivity index (χ3n) is 4.64. The minimum atomic E-state index is -0.278. The van der Waals surface area contributed by atoms with Gasteiger partial charge in [-0.05, 0) is 44.2 Å². The summed E-state index contributed by atoms with van der Waals surface area (Å²) in [6.45, 7) is 4.01. The lowest BCUT2D eigenvalue weighted by Gasteiger charge is -2.16. The van der Waals surface area contributed by atoms with E-state index in [0.717, 1.165) is 11.3 Å². The van der Waals surface area contributed by atoms with Gasteiger partial charge in [0.15, 0.2) is 11.5 Å². The van der Waals surface area contributed by atoms with Gasteiger partial charge in [0.05, 0.1) is 25.8 Å². The number of ether oxygens (including phenoxy) is 3. The van der Waals surface area contributed by atoms with Crippen LogP contribution in [0.2, 0.25) is 0 Å². The minimum absolute atomic E-state index is 0. The van der Waals surface area contributed by atoms with Gasteiger partial charge >= 0.3 is 0 Å². The first-order valence-corrected chi connectivity index (χ1v) is 9.51. The highest BCUT2D eigenvalue weighted by molar-refractivity contribution is 5.95. The van der Waals surface area contributed by atoms with E-state index in [1.54, 1.807) is 44.7 Å². The van der Waals surface area contributed by atoms with Crippen LogP contribution in [-0.4, -0.2) is 30.1 Å². The molecule has 8 nitrogen and oxygen atoms in total. The van der Waals surface area contributed by atoms with Gasteiger partial charge in [0.1, 0.15) is 17.3 Å². The van der Waals surface area contributed by atoms with Gasteiger partial charge in [-0.2, -0.15) is 0 Å². The third kappa shape index (κ3) is 6.06. The first-order valence-electron chi connectivity index (χ1n) is 9.51. The van der Waals surface area contributed by atoms with Crippen LogP contribution in [0.3, 0.4) is 0 Å². The van der Waals surface area contributed by atoms with Crippen molar-refractivity contribution in [3.63, 3.8) is 0 Å². The Bertz CT molecular complexity index is 1040. The second-order valence-electron chi connectivity index (χ2n) is 6.76. The van der Waals surface area contributed by atoms with Gasteiger partial charge in [0, 0.05) is 24.0 Å². The molecule has 0 bridgehead atoms. The van der Waals surface area contributed by atoms with Crippen molar-refractivity contribution < 1.29 is 19.0 Å². The fourth-order valence-electron chi connectivity index (χ4n) is 3.05. The number of amides is 1. The Morgan fingerprint density at radius 1 is 1.09 bits per heavy atom. The van der Waals surface area contributed by atoms with Crippen LogP contribution in [0.1, 0.15) is 40.4 Å². The smallest absolute Gasteiger partial charge is 0.251 e. The average molecular weight is 483 g/mol. The molecule has 0 radical (unpaired) electrons. The molecule has 3 rings (SSSR count). The van der Waals surface area contributed by atoms with E-state index in [-0.39, 0.29) is 43.3 Å². The topological polar surface area (TPSA) is 111 Å². The molecule has 0 aliphatic carbocycles. The van der Waals surface area contributed by atoms with Crippen LogP contribution in [0.5, 0.6) is 23.0 Å². The van der Waals surface area contributed by atoms with Crippen molar-refractivity contribution >= 4 is 30.7 Å². The molecule has 2 aromatic carbocycles. The van der Waals surface area contributed by atoms with Crippen LogP contribution in [-0.2, 0) is 6.54 Å². The molecular formula is C22H28Cl2N4O4. The van der Waals surface area contributed by atoms with Crippen molar-refractivity contribution in [3.05, 3.63) is 65.2 Å². The number of aromatic amines is 1. The number of nitrogens with one attached hydrogen (secondary N) is 2. The summed E-state index contributed by atoms with van der Waals surface area (Å²) in [5, 5.41) is 2.93. The Hall–Kier alpha value is -2.94. The second-order valence-corrected chi connectivity index (χ2v) is 6.76. The van der Waals surface area contributed by atoms with E-state index >= 15 is 0 Å². The van der Waals surface area contributed by atoms with Crippen LogP contribution in [0.25, 0.3) is 0 Å². The first-order chi connectivity index (χ1) is 14.5. The summed E-state index contributed by atoms with van der Waals surface area (Å²) in [7, 11) is 3.12. The van der Waals surface area contributed by atoms with Gasteiger partial charge < -0.3 is 30.2 Å². The fourth-order valence-corrected chi connectivity index (χ4v) is 3.05. The van der Waals surface area contributed by atoms with Gasteiger partial charge in [-0.1, -0.05) is 6.07 Å². The van der Waals surface area contributed by atoms with Crippen molar-refractivity contribution in [2.45, 2.75) is 26.4 Å². The number of hydrogen-bond acceptors (Lipinski definition) is 6. The molecule has 1 unspecified atom stereocenters. The van der Waals surface area contributed by atoms with E-state index in [1.807, 2.05) is 26.0 Å². The predicted molar refractivity (Wildman–Crippen MR) is 128 cm³/mol. The molecule has 1 amide bonds. The number of benzene rings is 2. The van der Waals surface area contributed by atoms with Gasteiger partial charge in [0.25, 0.3) is 5.91 Å². The molecule has 174 valence electrons. The Morgan fingerprint density at radius 2 is 1.78 bits per heavy atom. The van der Waals surface area contributed by atoms with Gasteiger partial charge in [-0.15, -0.1) is 24.8 Å². The van der Waals surface area contributed by atoms with Crippen molar-refractivity contribution in [1.82, 2.24) is 15.3 Å². The van der Waals surface area contributed by atoms with E-state index < -0.39 is 0 Å². The highest BCUT2D eigenvalue weighted by Gasteiger charge is 2.17. The summed E-state index contributed by atoms with van der Waals surface area (Å²) >= 11 is 0. The number of imidazole rings is 1. The SMILES string of the molecule is COc1ccc(C(=O)NC(C)c2ncc(C)[nH]2)cc1Oc1cccc(OC)c1CN.Cl.Cl. The lowest BCUT2D eigenvalue weighted by Crippen LogP contribution is -2.27. The highest BCUT2D eigenvalue weighted by Crippen LogP contribution is 2.36. The lowest BCUT2D eigenvalue weighted by atomic mass is 10.1. The van der Waals surface area contributed by atoms with Crippen LogP contribution in [0, 0.1) is 6.92 Å². The van der Waals surface area contributed by atoms with Gasteiger partial charge in [-0.25, -0.2) is 4.98 Å². The second kappa shape index (κ2) is 12.2. The van der Waals surface area contributed by atoms with E-state index in [9.17, 15) is 4.79 Å². The maximum Gasteiger partial charge on any atom is 0.251 e. The van der Waals surface area contributed by atoms with Crippen LogP contribution in [0.4, 0.5) is 0 Å². The Labute approximate surface area is 199 Å². The van der Waals surface area contributed by atoms with Crippen LogP contribution >= 0.6 is 24.8 Å². The van der Waals surface area contributed by atoms with E-state index in [2.05, 4.69) is 15.3 Å². The van der Waals surface area contributed by atoms with Crippen molar-refractivity contribution in [2.24, 2.45) is 5.73 Å². The predicted octanol–water partition coefficient (Wildman–Crippen LogP) is 4.32. The standard InChI is InChI=1S/C22H26N4O4.2ClH/c1-13-12-24-21(25-13)14(2)26-22(27)15-8-9-19(29-4)20(10-15)30-18-7-5-6-17(28-3)16(18)11-23;;/h5-10,12,14H,11,23H2,1-4H3,(H,24,25)(H,26,27);2*1H. The zero-order valence-electron chi connectivity index (χ0n) is 18.3. The molecule has 0 aliphatic heterocycles. The highest BCUT2D eigenvalue weighted by atomic mass is 35.5. The number of nitrogens with two attached hydrogens (primary N) is 1. The maximum atomic E-state index is 12.8. The third-order valence-corrected chi connectivity index (χ3v) is 4.64. The Kier molecular flexibility index (Phi) is 10.3. The quantitative estimate of drug-likeness (QED) is 0.440. The molecule has 10 heteroatoms. The molecule has 1 atom stereocenters. The number of methoxy groups -OCH3 is 2. The molecule has 0 aliphatic rings. The zero-order valence-corrected chi connectivity index (χ0v) is 19.9. The number of nitrogens with zero attached hydrogens (tertiary/aromatic N) is 1. The van der Waals surface area contributed by atoms with Gasteiger partial charge in [-0.3, -0.25) is 4.79 Å². The largest absolute Gasteiger partial charge is 0.496 e. The van der Waals surface area contributed by atoms with Crippen molar-refractivity contribution in [2.75, 3.05) is 14.2 Å². The van der Waals surface area contributed by atoms with Gasteiger partial charge in [0.2, 0.25) is 0 Å². The maximum absolute atomic E-state index is 12.8. The number of carbonyl (C=O) groups excluding carboxylic acids is 1. The number of aromatic nitrogens is 2. The summed E-state index contributed by atoms with van der Waals surface area (Å²) in [6, 6.07) is 10.1. The van der Waals surface area contributed by atoms with E-state index in [1.165, 1.54) is 0 Å². The number of carbonyl (C=O) groups is 1. The minimum Gasteiger partial charge on any atom is -0.496 e. The van der Waals surface area contributed by atoms with E-state index in [4.69, 9.17) is 19.9 Å². The lowest BCUT2D eigenvalue weighted by molar-refractivity contribution is 0.0938. The normalized spacial score (nSPS) is 10.9. The molecule has 0 fully saturated rings. The summed E-state index contributed by atoms with van der Waals surface area (Å²) < 4.78 is 16.8. The van der Waals surface area contributed by atoms with Crippen molar-refractivity contribution in [3.8, 4) is 23.0 Å². The number of hydrogen-bond donors (Lipinski definition) is 3. The molecule has 1 aromatic heterocycles. The molecule has 4 N–H and O–H groups in total. The monoisotopic (exact) mass is 482 g/mol. The number of halogens is 2. The molecule has 1 heterocycles. The summed E-state index contributed by atoms with van der Waals surface area (Å²) in [6.07, 6.45) is 1.72. The molecule has 0 saturated heterocycles. The Morgan fingerprint density at radius 3 is 2.38 bits per heavy atom. The molecular weight excluding hydrogens is 455 g/mol. The molecule has 3 aromatic rings. The fraction of sp³-hybridized carbons (Fsp3) is 0.273. The molecule has 0 spiro atoms. The zero-order chi connectivity index (χ0) is 21.7. The summed E-state index contributed by atoms with van der Waals surface area (Å²) in [5.41, 5.74) is 7.96. The van der Waals surface area contributed by atoms with Crippen LogP contribution in [0.15, 0.2) is 42.6 Å². The van der Waals surface area contributed by atoms with E-state index in [0.29, 0.717) is 34.4 Å². The number of H-pyrrole nitrogens is 1. The first kappa shape index (κ1) is 27.1. The average Bonchev–Trinajstić information content (AvgIpc) is 3.19. The van der Waals surface area contributed by atoms with Crippen LogP contribution < -0.4 is 25.3 Å². The van der Waals surface area contributed by atoms with Crippen molar-refractivity contribution in [1.29, 1.82) is 0 Å².